The summed E-state index contributed by atoms with van der Waals surface area (Å²) in [5.41, 5.74) is 7.26. The fourth-order valence-electron chi connectivity index (χ4n) is 2.62. The van der Waals surface area contributed by atoms with Gasteiger partial charge in [-0.05, 0) is 33.3 Å². The Labute approximate surface area is 164 Å². The summed E-state index contributed by atoms with van der Waals surface area (Å²) in [6, 6.07) is -0.546. The van der Waals surface area contributed by atoms with E-state index in [-0.39, 0.29) is 37.6 Å². The van der Waals surface area contributed by atoms with Crippen LogP contribution < -0.4 is 5.73 Å². The molecule has 28 heavy (non-hydrogen) atoms. The van der Waals surface area contributed by atoms with Crippen LogP contribution in [0.4, 0.5) is 5.82 Å². The Hall–Kier alpha value is -1.84. The summed E-state index contributed by atoms with van der Waals surface area (Å²) in [7, 11) is -3.41. The van der Waals surface area contributed by atoms with Crippen LogP contribution >= 0.6 is 7.60 Å². The highest BCUT2D eigenvalue weighted by Crippen LogP contribution is 2.50. The molecule has 0 aliphatic carbocycles. The molecule has 0 radical (unpaired) electrons. The van der Waals surface area contributed by atoms with E-state index in [9.17, 15) is 9.67 Å². The zero-order valence-corrected chi connectivity index (χ0v) is 17.5. The zero-order valence-electron chi connectivity index (χ0n) is 16.6. The van der Waals surface area contributed by atoms with Crippen LogP contribution in [0.25, 0.3) is 11.2 Å². The van der Waals surface area contributed by atoms with Gasteiger partial charge in [0.25, 0.3) is 0 Å². The fourth-order valence-corrected chi connectivity index (χ4v) is 4.40. The number of nitrogens with zero attached hydrogens (tertiary/aromatic N) is 4. The number of anilines is 1. The molecular formula is C17H28N5O5P. The molecule has 0 bridgehead atoms. The molecule has 0 aromatic carbocycles. The number of hydrogen-bond acceptors (Lipinski definition) is 9. The van der Waals surface area contributed by atoms with E-state index in [2.05, 4.69) is 21.5 Å². The molecule has 2 aromatic heterocycles. The largest absolute Gasteiger partial charge is 0.394 e. The minimum atomic E-state index is -3.41. The first-order valence-electron chi connectivity index (χ1n) is 8.92. The minimum Gasteiger partial charge on any atom is -0.394 e. The molecule has 2 aromatic rings. The summed E-state index contributed by atoms with van der Waals surface area (Å²) < 4.78 is 30.9. The summed E-state index contributed by atoms with van der Waals surface area (Å²) in [5.74, 6) is 0.250. The van der Waals surface area contributed by atoms with E-state index in [4.69, 9.17) is 19.5 Å². The van der Waals surface area contributed by atoms with Crippen molar-refractivity contribution in [2.45, 2.75) is 45.9 Å². The number of aliphatic hydroxyl groups excluding tert-OH is 1. The fraction of sp³-hybridized carbons (Fsp3) is 0.588. The first kappa shape index (κ1) is 22.4. The molecule has 2 rings (SSSR count). The number of rotatable bonds is 11. The van der Waals surface area contributed by atoms with Gasteiger partial charge in [0.2, 0.25) is 0 Å². The Morgan fingerprint density at radius 3 is 2.46 bits per heavy atom. The van der Waals surface area contributed by atoms with Crippen LogP contribution in [0.3, 0.4) is 0 Å². The molecule has 0 aliphatic rings. The lowest BCUT2D eigenvalue weighted by Gasteiger charge is -2.24. The molecular weight excluding hydrogens is 385 g/mol. The lowest BCUT2D eigenvalue weighted by atomic mass is 10.1. The Balaban J connectivity index is 2.07. The Morgan fingerprint density at radius 1 is 1.25 bits per heavy atom. The lowest BCUT2D eigenvalue weighted by Crippen LogP contribution is -2.19. The van der Waals surface area contributed by atoms with Gasteiger partial charge in [0.05, 0.1) is 37.8 Å². The average Bonchev–Trinajstić information content (AvgIpc) is 2.99. The van der Waals surface area contributed by atoms with Gasteiger partial charge in [-0.1, -0.05) is 6.58 Å². The van der Waals surface area contributed by atoms with Gasteiger partial charge in [0, 0.05) is 0 Å². The molecule has 2 heterocycles. The number of imidazole rings is 1. The van der Waals surface area contributed by atoms with Crippen molar-refractivity contribution in [3.8, 4) is 0 Å². The van der Waals surface area contributed by atoms with E-state index in [0.29, 0.717) is 16.7 Å². The van der Waals surface area contributed by atoms with Crippen LogP contribution in [-0.4, -0.2) is 56.4 Å². The number of ether oxygens (including phenoxy) is 1. The van der Waals surface area contributed by atoms with Gasteiger partial charge in [-0.3, -0.25) is 4.57 Å². The second kappa shape index (κ2) is 9.58. The Bertz CT molecular complexity index is 840. The third-order valence-corrected chi connectivity index (χ3v) is 5.63. The van der Waals surface area contributed by atoms with Gasteiger partial charge in [-0.25, -0.2) is 15.0 Å². The molecule has 0 saturated heterocycles. The predicted octanol–water partition coefficient (Wildman–Crippen LogP) is 2.52. The first-order chi connectivity index (χ1) is 13.2. The van der Waals surface area contributed by atoms with Crippen molar-refractivity contribution in [1.29, 1.82) is 0 Å². The molecule has 156 valence electrons. The van der Waals surface area contributed by atoms with E-state index in [1.165, 1.54) is 12.7 Å². The van der Waals surface area contributed by atoms with Crippen molar-refractivity contribution in [3.63, 3.8) is 0 Å². The standard InChI is InChI=1S/C17H28N5O5P/c1-11(2)26-28(24,27-12(3)4)10-25-7-13(5)14(6-23)22-9-21-15-16(18)19-8-20-17(15)22/h8-9,11-12,14,23H,5-7,10H2,1-4H3,(H2,18,19,20). The molecule has 0 saturated carbocycles. The van der Waals surface area contributed by atoms with Crippen molar-refractivity contribution in [1.82, 2.24) is 19.5 Å². The van der Waals surface area contributed by atoms with Crippen LogP contribution in [0.2, 0.25) is 0 Å². The number of hydrogen-bond donors (Lipinski definition) is 2. The third-order valence-electron chi connectivity index (χ3n) is 3.65. The lowest BCUT2D eigenvalue weighted by molar-refractivity contribution is 0.103. The van der Waals surface area contributed by atoms with Gasteiger partial charge in [0.1, 0.15) is 18.2 Å². The summed E-state index contributed by atoms with van der Waals surface area (Å²) in [5, 5.41) is 9.85. The number of nitrogen functional groups attached to an aromatic ring is 1. The van der Waals surface area contributed by atoms with E-state index in [1.807, 2.05) is 0 Å². The van der Waals surface area contributed by atoms with Crippen molar-refractivity contribution in [2.24, 2.45) is 0 Å². The normalized spacial score (nSPS) is 13.5. The summed E-state index contributed by atoms with van der Waals surface area (Å²) >= 11 is 0. The molecule has 0 aliphatic heterocycles. The second-order valence-electron chi connectivity index (χ2n) is 6.84. The smallest absolute Gasteiger partial charge is 0.356 e. The van der Waals surface area contributed by atoms with Crippen molar-refractivity contribution in [3.05, 3.63) is 24.8 Å². The quantitative estimate of drug-likeness (QED) is 0.421. The third kappa shape index (κ3) is 5.59. The molecule has 3 N–H and O–H groups in total. The SMILES string of the molecule is C=C(COCP(=O)(OC(C)C)OC(C)C)C(CO)n1cnc2c(N)ncnc21. The second-order valence-corrected chi connectivity index (χ2v) is 8.74. The maximum atomic E-state index is 12.8. The molecule has 0 fully saturated rings. The summed E-state index contributed by atoms with van der Waals surface area (Å²) in [6.45, 7) is 10.9. The van der Waals surface area contributed by atoms with Gasteiger partial charge in [0.15, 0.2) is 11.5 Å². The highest BCUT2D eigenvalue weighted by atomic mass is 31.2. The number of aliphatic hydroxyl groups is 1. The maximum absolute atomic E-state index is 12.8. The van der Waals surface area contributed by atoms with Gasteiger partial charge in [-0.2, -0.15) is 0 Å². The van der Waals surface area contributed by atoms with Crippen LogP contribution in [0.15, 0.2) is 24.8 Å². The predicted molar refractivity (Wildman–Crippen MR) is 106 cm³/mol. The molecule has 1 unspecified atom stereocenters. The highest BCUT2D eigenvalue weighted by Gasteiger charge is 2.28. The molecule has 0 amide bonds. The molecule has 0 spiro atoms. The van der Waals surface area contributed by atoms with Crippen LogP contribution in [-0.2, 0) is 18.3 Å². The Kier molecular flexibility index (Phi) is 7.68. The molecule has 11 heteroatoms. The average molecular weight is 413 g/mol. The minimum absolute atomic E-state index is 0.0400. The number of aromatic nitrogens is 4. The van der Waals surface area contributed by atoms with Gasteiger partial charge < -0.3 is 29.2 Å². The van der Waals surface area contributed by atoms with Crippen molar-refractivity contribution in [2.75, 3.05) is 25.3 Å². The summed E-state index contributed by atoms with van der Waals surface area (Å²) in [4.78, 5) is 12.3. The van der Waals surface area contributed by atoms with Crippen LogP contribution in [0.1, 0.15) is 33.7 Å². The van der Waals surface area contributed by atoms with E-state index in [0.717, 1.165) is 0 Å². The van der Waals surface area contributed by atoms with Gasteiger partial charge in [-0.15, -0.1) is 0 Å². The van der Waals surface area contributed by atoms with Crippen LogP contribution in [0.5, 0.6) is 0 Å². The van der Waals surface area contributed by atoms with E-state index in [1.54, 1.807) is 32.3 Å². The monoisotopic (exact) mass is 413 g/mol. The van der Waals surface area contributed by atoms with E-state index < -0.39 is 13.6 Å². The Morgan fingerprint density at radius 2 is 1.89 bits per heavy atom. The van der Waals surface area contributed by atoms with Gasteiger partial charge >= 0.3 is 7.60 Å². The van der Waals surface area contributed by atoms with Crippen LogP contribution in [0, 0.1) is 0 Å². The van der Waals surface area contributed by atoms with Crippen molar-refractivity contribution >= 4 is 24.6 Å². The number of nitrogens with two attached hydrogens (primary N) is 1. The highest BCUT2D eigenvalue weighted by molar-refractivity contribution is 7.53. The van der Waals surface area contributed by atoms with E-state index >= 15 is 0 Å². The molecule has 1 atom stereocenters. The molecule has 10 nitrogen and oxygen atoms in total. The maximum Gasteiger partial charge on any atom is 0.356 e. The summed E-state index contributed by atoms with van der Waals surface area (Å²) in [6.07, 6.45) is 2.07. The topological polar surface area (TPSA) is 135 Å². The first-order valence-corrected chi connectivity index (χ1v) is 10.6. The van der Waals surface area contributed by atoms with Crippen molar-refractivity contribution < 1.29 is 23.5 Å². The number of fused-ring (bicyclic) bond motifs is 1. The zero-order chi connectivity index (χ0) is 20.9.